The lowest BCUT2D eigenvalue weighted by atomic mass is 10.2. The Balaban J connectivity index is 2.21. The normalized spacial score (nSPS) is 10.3. The highest BCUT2D eigenvalue weighted by Crippen LogP contribution is 2.25. The van der Waals surface area contributed by atoms with Gasteiger partial charge in [0, 0.05) is 13.1 Å². The third-order valence-corrected chi connectivity index (χ3v) is 3.61. The van der Waals surface area contributed by atoms with Crippen LogP contribution in [0.15, 0.2) is 27.8 Å². The van der Waals surface area contributed by atoms with Crippen LogP contribution in [0, 0.1) is 0 Å². The van der Waals surface area contributed by atoms with Gasteiger partial charge in [-0.3, -0.25) is 19.1 Å². The molecule has 138 valence electrons. The number of Topliss-reactive ketones (excluding diaryl/α,β-unsaturated/α-hetero) is 1. The van der Waals surface area contributed by atoms with Crippen LogP contribution in [0.2, 0.25) is 0 Å². The zero-order chi connectivity index (χ0) is 19.4. The first-order chi connectivity index (χ1) is 12.3. The van der Waals surface area contributed by atoms with E-state index in [-0.39, 0.29) is 17.1 Å². The Morgan fingerprint density at radius 1 is 1.19 bits per heavy atom. The Hall–Kier alpha value is -3.56. The number of nitrogens with zero attached hydrogens (tertiary/aromatic N) is 1. The van der Waals surface area contributed by atoms with E-state index in [2.05, 4.69) is 0 Å². The Morgan fingerprint density at radius 3 is 2.50 bits per heavy atom. The number of anilines is 1. The molecule has 1 aromatic carbocycles. The quantitative estimate of drug-likeness (QED) is 0.527. The second kappa shape index (κ2) is 7.55. The average molecular weight is 363 g/mol. The van der Waals surface area contributed by atoms with Crippen LogP contribution in [0.4, 0.5) is 5.82 Å². The highest BCUT2D eigenvalue weighted by atomic mass is 16.5. The fourth-order valence-electron chi connectivity index (χ4n) is 2.15. The third kappa shape index (κ3) is 3.58. The lowest BCUT2D eigenvalue weighted by Gasteiger charge is -2.11. The van der Waals surface area contributed by atoms with Gasteiger partial charge >= 0.3 is 11.7 Å². The molecule has 0 amide bonds. The number of rotatable bonds is 6. The molecular formula is C16H17N3O7. The number of nitrogens with one attached hydrogen (secondary N) is 1. The first-order valence-electron chi connectivity index (χ1n) is 7.31. The molecule has 0 spiro atoms. The van der Waals surface area contributed by atoms with Crippen molar-refractivity contribution in [1.29, 1.82) is 0 Å². The zero-order valence-corrected chi connectivity index (χ0v) is 14.3. The topological polar surface area (TPSA) is 143 Å². The van der Waals surface area contributed by atoms with Gasteiger partial charge in [0.05, 0.1) is 14.2 Å². The summed E-state index contributed by atoms with van der Waals surface area (Å²) in [5.74, 6) is -1.33. The summed E-state index contributed by atoms with van der Waals surface area (Å²) in [7, 11) is 4.11. The lowest BCUT2D eigenvalue weighted by molar-refractivity contribution is 0.0471. The minimum atomic E-state index is -0.950. The van der Waals surface area contributed by atoms with E-state index in [9.17, 15) is 19.2 Å². The van der Waals surface area contributed by atoms with E-state index in [0.717, 1.165) is 4.57 Å². The molecule has 2 rings (SSSR count). The molecule has 0 aliphatic carbocycles. The summed E-state index contributed by atoms with van der Waals surface area (Å²) >= 11 is 0. The minimum absolute atomic E-state index is 0.0726. The second-order valence-corrected chi connectivity index (χ2v) is 5.14. The maximum Gasteiger partial charge on any atom is 0.342 e. The van der Waals surface area contributed by atoms with Gasteiger partial charge in [-0.25, -0.2) is 9.59 Å². The van der Waals surface area contributed by atoms with Crippen molar-refractivity contribution < 1.29 is 23.8 Å². The smallest absolute Gasteiger partial charge is 0.342 e. The van der Waals surface area contributed by atoms with Gasteiger partial charge in [0.15, 0.2) is 6.61 Å². The van der Waals surface area contributed by atoms with Crippen LogP contribution in [0.5, 0.6) is 11.5 Å². The second-order valence-electron chi connectivity index (χ2n) is 5.14. The van der Waals surface area contributed by atoms with Crippen molar-refractivity contribution in [2.24, 2.45) is 7.05 Å². The van der Waals surface area contributed by atoms with Gasteiger partial charge in [0.2, 0.25) is 5.78 Å². The SMILES string of the molecule is COc1ccc(C(=O)OCC(=O)c2c(N)n(C)c(=O)[nH]c2=O)c(OC)c1. The lowest BCUT2D eigenvalue weighted by Crippen LogP contribution is -2.35. The molecule has 0 aliphatic heterocycles. The summed E-state index contributed by atoms with van der Waals surface area (Å²) in [4.78, 5) is 49.5. The molecule has 2 aromatic rings. The summed E-state index contributed by atoms with van der Waals surface area (Å²) in [5.41, 5.74) is 3.53. The predicted octanol–water partition coefficient (Wildman–Crippen LogP) is -0.287. The number of carbonyl (C=O) groups excluding carboxylic acids is 2. The maximum absolute atomic E-state index is 12.2. The Kier molecular flexibility index (Phi) is 5.45. The van der Waals surface area contributed by atoms with Crippen molar-refractivity contribution in [3.05, 3.63) is 50.2 Å². The molecule has 0 fully saturated rings. The average Bonchev–Trinajstić information content (AvgIpc) is 2.63. The summed E-state index contributed by atoms with van der Waals surface area (Å²) in [6, 6.07) is 4.42. The fraction of sp³-hybridized carbons (Fsp3) is 0.250. The van der Waals surface area contributed by atoms with E-state index < -0.39 is 35.2 Å². The standard InChI is InChI=1S/C16H17N3O7/c1-19-13(17)12(14(21)18-16(19)23)10(20)7-26-15(22)9-5-4-8(24-2)6-11(9)25-3/h4-6H,7,17H2,1-3H3,(H,18,21,23). The van der Waals surface area contributed by atoms with E-state index in [1.165, 1.54) is 39.5 Å². The van der Waals surface area contributed by atoms with Crippen LogP contribution in [0.1, 0.15) is 20.7 Å². The molecular weight excluding hydrogens is 346 g/mol. The Bertz CT molecular complexity index is 975. The molecule has 0 unspecified atom stereocenters. The highest BCUT2D eigenvalue weighted by molar-refractivity contribution is 6.02. The molecule has 1 heterocycles. The molecule has 10 heteroatoms. The number of hydrogen-bond donors (Lipinski definition) is 2. The fourth-order valence-corrected chi connectivity index (χ4v) is 2.15. The minimum Gasteiger partial charge on any atom is -0.497 e. The molecule has 0 bridgehead atoms. The number of carbonyl (C=O) groups is 2. The van der Waals surface area contributed by atoms with Crippen molar-refractivity contribution in [2.75, 3.05) is 26.6 Å². The molecule has 3 N–H and O–H groups in total. The number of ketones is 1. The van der Waals surface area contributed by atoms with Gasteiger partial charge in [-0.15, -0.1) is 0 Å². The van der Waals surface area contributed by atoms with Crippen molar-refractivity contribution in [3.8, 4) is 11.5 Å². The number of nitrogens with two attached hydrogens (primary N) is 1. The maximum atomic E-state index is 12.2. The van der Waals surface area contributed by atoms with Crippen molar-refractivity contribution in [1.82, 2.24) is 9.55 Å². The van der Waals surface area contributed by atoms with E-state index in [4.69, 9.17) is 19.9 Å². The molecule has 10 nitrogen and oxygen atoms in total. The monoisotopic (exact) mass is 363 g/mol. The number of aromatic amines is 1. The van der Waals surface area contributed by atoms with Gasteiger partial charge < -0.3 is 19.9 Å². The van der Waals surface area contributed by atoms with Crippen molar-refractivity contribution >= 4 is 17.6 Å². The number of benzene rings is 1. The summed E-state index contributed by atoms with van der Waals surface area (Å²) in [6.07, 6.45) is 0. The summed E-state index contributed by atoms with van der Waals surface area (Å²) in [6.45, 7) is -0.737. The van der Waals surface area contributed by atoms with Crippen LogP contribution >= 0.6 is 0 Å². The third-order valence-electron chi connectivity index (χ3n) is 3.61. The van der Waals surface area contributed by atoms with Crippen LogP contribution in [-0.2, 0) is 11.8 Å². The van der Waals surface area contributed by atoms with E-state index in [1.54, 1.807) is 0 Å². The van der Waals surface area contributed by atoms with Crippen molar-refractivity contribution in [2.45, 2.75) is 0 Å². The molecule has 0 saturated carbocycles. The van der Waals surface area contributed by atoms with E-state index in [0.29, 0.717) is 5.75 Å². The number of esters is 1. The molecule has 0 radical (unpaired) electrons. The summed E-state index contributed by atoms with van der Waals surface area (Å²) < 4.78 is 16.0. The number of methoxy groups -OCH3 is 2. The van der Waals surface area contributed by atoms with E-state index in [1.807, 2.05) is 4.98 Å². The first kappa shape index (κ1) is 18.8. The molecule has 1 aromatic heterocycles. The van der Waals surface area contributed by atoms with Crippen molar-refractivity contribution in [3.63, 3.8) is 0 Å². The Labute approximate surface area is 147 Å². The number of hydrogen-bond acceptors (Lipinski definition) is 8. The molecule has 0 atom stereocenters. The number of ether oxygens (including phenoxy) is 3. The van der Waals surface area contributed by atoms with Crippen LogP contribution in [0.25, 0.3) is 0 Å². The molecule has 0 saturated heterocycles. The van der Waals surface area contributed by atoms with Gasteiger partial charge in [-0.2, -0.15) is 0 Å². The molecule has 26 heavy (non-hydrogen) atoms. The van der Waals surface area contributed by atoms with E-state index >= 15 is 0 Å². The van der Waals surface area contributed by atoms with Gasteiger partial charge in [-0.1, -0.05) is 0 Å². The number of nitrogen functional groups attached to an aromatic ring is 1. The van der Waals surface area contributed by atoms with Gasteiger partial charge in [0.25, 0.3) is 5.56 Å². The predicted molar refractivity (Wildman–Crippen MR) is 90.9 cm³/mol. The summed E-state index contributed by atoms with van der Waals surface area (Å²) in [5, 5.41) is 0. The molecule has 0 aliphatic rings. The van der Waals surface area contributed by atoms with Gasteiger partial charge in [-0.05, 0) is 12.1 Å². The number of aromatic nitrogens is 2. The van der Waals surface area contributed by atoms with Crippen LogP contribution in [-0.4, -0.2) is 42.1 Å². The van der Waals surface area contributed by atoms with Gasteiger partial charge in [0.1, 0.15) is 28.4 Å². The van der Waals surface area contributed by atoms with Crippen LogP contribution in [0.3, 0.4) is 0 Å². The zero-order valence-electron chi connectivity index (χ0n) is 14.3. The highest BCUT2D eigenvalue weighted by Gasteiger charge is 2.21. The number of H-pyrrole nitrogens is 1. The van der Waals surface area contributed by atoms with Crippen LogP contribution < -0.4 is 26.5 Å². The Morgan fingerprint density at radius 2 is 1.88 bits per heavy atom. The first-order valence-corrected chi connectivity index (χ1v) is 7.31. The largest absolute Gasteiger partial charge is 0.497 e.